The zero-order chi connectivity index (χ0) is 25.6. The van der Waals surface area contributed by atoms with Crippen molar-refractivity contribution in [1.29, 1.82) is 0 Å². The number of hydrogen-bond acceptors (Lipinski definition) is 5. The Bertz CT molecular complexity index is 1190. The fourth-order valence-corrected chi connectivity index (χ4v) is 3.92. The van der Waals surface area contributed by atoms with Gasteiger partial charge in [0.15, 0.2) is 0 Å². The van der Waals surface area contributed by atoms with E-state index in [0.717, 1.165) is 51.3 Å². The molecule has 6 nitrogen and oxygen atoms in total. The predicted octanol–water partition coefficient (Wildman–Crippen LogP) is 6.49. The molecule has 4 aromatic carbocycles. The highest BCUT2D eigenvalue weighted by Crippen LogP contribution is 2.29. The van der Waals surface area contributed by atoms with Crippen LogP contribution in [0.5, 0.6) is 5.75 Å². The standard InChI is InChI=1S/C28H29NO4.C2H6O/c1-31-24-12-8-9-21(17-24)19-32-16-7-6-15-29-28(30)33-20-27-25-13-4-2-10-22(25)18-23-11-3-5-14-26(23)27;1-3-2/h2-5,8-14,17-18H,6-7,15-16,19-20H2,1H3,(H,29,30);1-2H3. The minimum atomic E-state index is -0.399. The molecule has 0 fully saturated rings. The van der Waals surface area contributed by atoms with E-state index in [1.807, 2.05) is 48.5 Å². The highest BCUT2D eigenvalue weighted by Gasteiger charge is 2.10. The first kappa shape index (κ1) is 27.0. The molecule has 1 amide bonds. The normalized spacial score (nSPS) is 10.5. The van der Waals surface area contributed by atoms with Crippen molar-refractivity contribution in [2.24, 2.45) is 0 Å². The van der Waals surface area contributed by atoms with Crippen molar-refractivity contribution < 1.29 is 23.7 Å². The van der Waals surface area contributed by atoms with E-state index in [-0.39, 0.29) is 6.61 Å². The molecule has 4 rings (SSSR count). The Balaban J connectivity index is 0.00000115. The van der Waals surface area contributed by atoms with Crippen LogP contribution in [0.4, 0.5) is 4.79 Å². The molecule has 0 aromatic heterocycles. The zero-order valence-electron chi connectivity index (χ0n) is 21.3. The molecule has 0 aliphatic rings. The lowest BCUT2D eigenvalue weighted by atomic mass is 9.97. The zero-order valence-corrected chi connectivity index (χ0v) is 21.3. The Morgan fingerprint density at radius 2 is 1.44 bits per heavy atom. The van der Waals surface area contributed by atoms with Crippen molar-refractivity contribution in [2.75, 3.05) is 34.5 Å². The third-order valence-electron chi connectivity index (χ3n) is 5.62. The van der Waals surface area contributed by atoms with E-state index in [9.17, 15) is 4.79 Å². The summed E-state index contributed by atoms with van der Waals surface area (Å²) in [7, 11) is 4.90. The van der Waals surface area contributed by atoms with E-state index in [2.05, 4.69) is 40.4 Å². The number of carbonyl (C=O) groups is 1. The van der Waals surface area contributed by atoms with Crippen molar-refractivity contribution >= 4 is 27.6 Å². The molecule has 1 N–H and O–H groups in total. The van der Waals surface area contributed by atoms with Crippen LogP contribution < -0.4 is 10.1 Å². The van der Waals surface area contributed by atoms with Gasteiger partial charge in [-0.15, -0.1) is 0 Å². The molecule has 4 aromatic rings. The van der Waals surface area contributed by atoms with Crippen LogP contribution in [-0.4, -0.2) is 40.6 Å². The summed E-state index contributed by atoms with van der Waals surface area (Å²) in [6, 6.07) is 26.4. The molecule has 6 heteroatoms. The maximum Gasteiger partial charge on any atom is 0.407 e. The summed E-state index contributed by atoms with van der Waals surface area (Å²) in [5.74, 6) is 0.829. The van der Waals surface area contributed by atoms with Crippen LogP contribution in [0.25, 0.3) is 21.5 Å². The fourth-order valence-electron chi connectivity index (χ4n) is 3.92. The predicted molar refractivity (Wildman–Crippen MR) is 144 cm³/mol. The van der Waals surface area contributed by atoms with Crippen LogP contribution in [0.2, 0.25) is 0 Å². The Morgan fingerprint density at radius 3 is 2.11 bits per heavy atom. The van der Waals surface area contributed by atoms with Gasteiger partial charge in [-0.25, -0.2) is 4.79 Å². The molecular weight excluding hydrogens is 454 g/mol. The lowest BCUT2D eigenvalue weighted by Gasteiger charge is -2.13. The summed E-state index contributed by atoms with van der Waals surface area (Å²) in [6.45, 7) is 1.97. The summed E-state index contributed by atoms with van der Waals surface area (Å²) >= 11 is 0. The quantitative estimate of drug-likeness (QED) is 0.204. The van der Waals surface area contributed by atoms with Gasteiger partial charge in [0, 0.05) is 32.9 Å². The van der Waals surface area contributed by atoms with Crippen LogP contribution >= 0.6 is 0 Å². The largest absolute Gasteiger partial charge is 0.497 e. The first-order chi connectivity index (χ1) is 17.7. The van der Waals surface area contributed by atoms with Crippen molar-refractivity contribution in [1.82, 2.24) is 5.32 Å². The van der Waals surface area contributed by atoms with Gasteiger partial charge >= 0.3 is 6.09 Å². The summed E-state index contributed by atoms with van der Waals surface area (Å²) in [4.78, 5) is 12.2. The number of benzene rings is 4. The van der Waals surface area contributed by atoms with E-state index in [0.29, 0.717) is 19.8 Å². The molecule has 190 valence electrons. The van der Waals surface area contributed by atoms with Crippen molar-refractivity contribution in [2.45, 2.75) is 26.1 Å². The average molecular weight is 490 g/mol. The molecule has 0 radical (unpaired) electrons. The summed E-state index contributed by atoms with van der Waals surface area (Å²) < 4.78 is 20.7. The highest BCUT2D eigenvalue weighted by molar-refractivity contribution is 6.02. The van der Waals surface area contributed by atoms with Gasteiger partial charge in [-0.05, 0) is 58.1 Å². The second-order valence-electron chi connectivity index (χ2n) is 8.32. The molecule has 0 unspecified atom stereocenters. The summed E-state index contributed by atoms with van der Waals surface area (Å²) in [5, 5.41) is 7.34. The minimum absolute atomic E-state index is 0.233. The number of rotatable bonds is 10. The molecular formula is C30H35NO5. The Labute approximate surface area is 213 Å². The van der Waals surface area contributed by atoms with Crippen LogP contribution in [0.1, 0.15) is 24.0 Å². The average Bonchev–Trinajstić information content (AvgIpc) is 2.91. The summed E-state index contributed by atoms with van der Waals surface area (Å²) in [5.41, 5.74) is 2.11. The number of hydrogen-bond donors (Lipinski definition) is 1. The van der Waals surface area contributed by atoms with E-state index in [1.165, 1.54) is 0 Å². The SMILES string of the molecule is COC.COc1cccc(COCCCCNC(=O)OCc2c3ccccc3cc3ccccc23)c1. The topological polar surface area (TPSA) is 66.0 Å². The summed E-state index contributed by atoms with van der Waals surface area (Å²) in [6.07, 6.45) is 1.28. The maximum absolute atomic E-state index is 12.2. The van der Waals surface area contributed by atoms with Crippen LogP contribution in [0.15, 0.2) is 78.9 Å². The number of unbranched alkanes of at least 4 members (excludes halogenated alkanes) is 1. The number of amides is 1. The molecule has 0 bridgehead atoms. The Morgan fingerprint density at radius 1 is 0.778 bits per heavy atom. The third kappa shape index (κ3) is 7.97. The number of nitrogens with one attached hydrogen (secondary N) is 1. The van der Waals surface area contributed by atoms with Crippen LogP contribution in [-0.2, 0) is 27.4 Å². The number of methoxy groups -OCH3 is 2. The Hall–Kier alpha value is -3.61. The molecule has 0 saturated carbocycles. The molecule has 0 spiro atoms. The monoisotopic (exact) mass is 489 g/mol. The van der Waals surface area contributed by atoms with E-state index < -0.39 is 6.09 Å². The van der Waals surface area contributed by atoms with Crippen molar-refractivity contribution in [3.63, 3.8) is 0 Å². The molecule has 0 aliphatic heterocycles. The molecule has 0 atom stereocenters. The molecule has 36 heavy (non-hydrogen) atoms. The van der Waals surface area contributed by atoms with Gasteiger partial charge in [0.2, 0.25) is 0 Å². The first-order valence-electron chi connectivity index (χ1n) is 12.1. The fraction of sp³-hybridized carbons (Fsp3) is 0.300. The van der Waals surface area contributed by atoms with Gasteiger partial charge in [-0.2, -0.15) is 0 Å². The second-order valence-corrected chi connectivity index (χ2v) is 8.32. The minimum Gasteiger partial charge on any atom is -0.497 e. The van der Waals surface area contributed by atoms with Crippen molar-refractivity contribution in [3.8, 4) is 5.75 Å². The number of ether oxygens (including phenoxy) is 4. The van der Waals surface area contributed by atoms with Crippen LogP contribution in [0.3, 0.4) is 0 Å². The molecule has 0 aliphatic carbocycles. The van der Waals surface area contributed by atoms with Crippen LogP contribution in [0, 0.1) is 0 Å². The van der Waals surface area contributed by atoms with Gasteiger partial charge in [-0.3, -0.25) is 0 Å². The van der Waals surface area contributed by atoms with E-state index in [4.69, 9.17) is 14.2 Å². The lowest BCUT2D eigenvalue weighted by molar-refractivity contribution is 0.116. The Kier molecular flexibility index (Phi) is 11.0. The lowest BCUT2D eigenvalue weighted by Crippen LogP contribution is -2.25. The maximum atomic E-state index is 12.2. The molecule has 0 heterocycles. The number of carbonyl (C=O) groups excluding carboxylic acids is 1. The third-order valence-corrected chi connectivity index (χ3v) is 5.62. The van der Waals surface area contributed by atoms with Gasteiger partial charge in [0.25, 0.3) is 0 Å². The first-order valence-corrected chi connectivity index (χ1v) is 12.1. The molecule has 0 saturated heterocycles. The number of fused-ring (bicyclic) bond motifs is 2. The van der Waals surface area contributed by atoms with Gasteiger partial charge in [0.05, 0.1) is 13.7 Å². The van der Waals surface area contributed by atoms with Gasteiger partial charge in [0.1, 0.15) is 12.4 Å². The highest BCUT2D eigenvalue weighted by atomic mass is 16.5. The second kappa shape index (κ2) is 14.7. The van der Waals surface area contributed by atoms with E-state index >= 15 is 0 Å². The smallest absolute Gasteiger partial charge is 0.407 e. The van der Waals surface area contributed by atoms with E-state index in [1.54, 1.807) is 21.3 Å². The van der Waals surface area contributed by atoms with Gasteiger partial charge < -0.3 is 24.3 Å². The van der Waals surface area contributed by atoms with Gasteiger partial charge in [-0.1, -0.05) is 60.7 Å². The van der Waals surface area contributed by atoms with Crippen molar-refractivity contribution in [3.05, 3.63) is 90.0 Å². The number of alkyl carbamates (subject to hydrolysis) is 1.